The molecule has 1 heterocycles. The Labute approximate surface area is 104 Å². The molecule has 1 atom stereocenters. The van der Waals surface area contributed by atoms with Gasteiger partial charge in [-0.05, 0) is 34.6 Å². The number of fused-ring (bicyclic) bond motifs is 1. The van der Waals surface area contributed by atoms with Gasteiger partial charge in [0.1, 0.15) is 6.04 Å². The standard InChI is InChI=1S/C13H10N2OS/c16-12-11(14-13(17)15-12)10-6-5-8-3-1-2-4-9(8)7-10/h1-7,11H,(H2,14,15,16,17). The fraction of sp³-hybridized carbons (Fsp3) is 0.0769. The van der Waals surface area contributed by atoms with Gasteiger partial charge in [0.25, 0.3) is 5.91 Å². The van der Waals surface area contributed by atoms with E-state index in [0.29, 0.717) is 5.11 Å². The summed E-state index contributed by atoms with van der Waals surface area (Å²) in [5.41, 5.74) is 0.932. The second-order valence-corrected chi connectivity index (χ2v) is 4.41. The van der Waals surface area contributed by atoms with E-state index < -0.39 is 0 Å². The predicted molar refractivity (Wildman–Crippen MR) is 70.6 cm³/mol. The Morgan fingerprint density at radius 3 is 2.53 bits per heavy atom. The third kappa shape index (κ3) is 1.76. The van der Waals surface area contributed by atoms with Gasteiger partial charge in [0.15, 0.2) is 5.11 Å². The lowest BCUT2D eigenvalue weighted by molar-refractivity contribution is -0.120. The van der Waals surface area contributed by atoms with Crippen molar-refractivity contribution in [1.82, 2.24) is 10.6 Å². The summed E-state index contributed by atoms with van der Waals surface area (Å²) in [4.78, 5) is 11.7. The Morgan fingerprint density at radius 1 is 1.06 bits per heavy atom. The molecular weight excluding hydrogens is 232 g/mol. The molecule has 0 radical (unpaired) electrons. The molecule has 0 bridgehead atoms. The Hall–Kier alpha value is -1.94. The van der Waals surface area contributed by atoms with Gasteiger partial charge in [-0.15, -0.1) is 0 Å². The van der Waals surface area contributed by atoms with Crippen molar-refractivity contribution in [3.63, 3.8) is 0 Å². The van der Waals surface area contributed by atoms with E-state index in [-0.39, 0.29) is 11.9 Å². The molecule has 2 aromatic carbocycles. The van der Waals surface area contributed by atoms with Crippen molar-refractivity contribution < 1.29 is 4.79 Å². The van der Waals surface area contributed by atoms with Crippen molar-refractivity contribution in [2.24, 2.45) is 0 Å². The molecule has 3 nitrogen and oxygen atoms in total. The molecule has 1 amide bonds. The molecule has 4 heteroatoms. The number of thiocarbonyl (C=S) groups is 1. The minimum absolute atomic E-state index is 0.0923. The maximum absolute atomic E-state index is 11.7. The lowest BCUT2D eigenvalue weighted by Crippen LogP contribution is -2.21. The molecule has 0 aromatic heterocycles. The topological polar surface area (TPSA) is 41.1 Å². The number of rotatable bonds is 1. The number of carbonyl (C=O) groups is 1. The van der Waals surface area contributed by atoms with Gasteiger partial charge in [-0.2, -0.15) is 0 Å². The van der Waals surface area contributed by atoms with Crippen LogP contribution in [0.5, 0.6) is 0 Å². The molecule has 0 saturated carbocycles. The maximum Gasteiger partial charge on any atom is 0.253 e. The Balaban J connectivity index is 2.06. The molecular formula is C13H10N2OS. The number of hydrogen-bond acceptors (Lipinski definition) is 2. The summed E-state index contributed by atoms with van der Waals surface area (Å²) in [7, 11) is 0. The zero-order chi connectivity index (χ0) is 11.8. The first-order valence-corrected chi connectivity index (χ1v) is 5.75. The smallest absolute Gasteiger partial charge is 0.253 e. The van der Waals surface area contributed by atoms with Crippen LogP contribution in [0, 0.1) is 0 Å². The van der Waals surface area contributed by atoms with Crippen LogP contribution in [0.1, 0.15) is 11.6 Å². The summed E-state index contributed by atoms with van der Waals surface area (Å²) in [6.07, 6.45) is 0. The van der Waals surface area contributed by atoms with E-state index in [0.717, 1.165) is 16.3 Å². The zero-order valence-corrected chi connectivity index (χ0v) is 9.75. The van der Waals surface area contributed by atoms with Crippen LogP contribution in [0.25, 0.3) is 10.8 Å². The first-order chi connectivity index (χ1) is 8.24. The van der Waals surface area contributed by atoms with E-state index in [4.69, 9.17) is 12.2 Å². The Bertz CT molecular complexity index is 624. The van der Waals surface area contributed by atoms with Crippen molar-refractivity contribution >= 4 is 34.0 Å². The van der Waals surface area contributed by atoms with E-state index in [9.17, 15) is 4.79 Å². The third-order valence-electron chi connectivity index (χ3n) is 2.88. The highest BCUT2D eigenvalue weighted by Crippen LogP contribution is 2.22. The highest BCUT2D eigenvalue weighted by molar-refractivity contribution is 7.80. The van der Waals surface area contributed by atoms with Crippen molar-refractivity contribution in [2.75, 3.05) is 0 Å². The van der Waals surface area contributed by atoms with Gasteiger partial charge in [0, 0.05) is 0 Å². The van der Waals surface area contributed by atoms with Gasteiger partial charge in [-0.3, -0.25) is 4.79 Å². The average Bonchev–Trinajstić information content (AvgIpc) is 2.68. The number of hydrogen-bond donors (Lipinski definition) is 2. The van der Waals surface area contributed by atoms with Crippen LogP contribution >= 0.6 is 12.2 Å². The molecule has 1 fully saturated rings. The molecule has 17 heavy (non-hydrogen) atoms. The molecule has 3 rings (SSSR count). The normalized spacial score (nSPS) is 19.2. The molecule has 2 aromatic rings. The molecule has 84 valence electrons. The van der Waals surface area contributed by atoms with Crippen molar-refractivity contribution in [3.8, 4) is 0 Å². The highest BCUT2D eigenvalue weighted by Gasteiger charge is 2.28. The first kappa shape index (κ1) is 10.2. The van der Waals surface area contributed by atoms with Crippen LogP contribution < -0.4 is 10.6 Å². The van der Waals surface area contributed by atoms with E-state index in [1.165, 1.54) is 0 Å². The largest absolute Gasteiger partial charge is 0.347 e. The van der Waals surface area contributed by atoms with Crippen LogP contribution in [0.2, 0.25) is 0 Å². The molecule has 1 aliphatic rings. The minimum atomic E-state index is -0.368. The molecule has 2 N–H and O–H groups in total. The number of amides is 1. The van der Waals surface area contributed by atoms with Gasteiger partial charge < -0.3 is 10.6 Å². The molecule has 1 unspecified atom stereocenters. The SMILES string of the molecule is O=C1NC(=S)NC1c1ccc2ccccc2c1. The third-order valence-corrected chi connectivity index (χ3v) is 3.10. The van der Waals surface area contributed by atoms with E-state index in [1.807, 2.05) is 42.5 Å². The highest BCUT2D eigenvalue weighted by atomic mass is 32.1. The number of nitrogens with one attached hydrogen (secondary N) is 2. The second-order valence-electron chi connectivity index (χ2n) is 4.00. The second kappa shape index (κ2) is 3.82. The van der Waals surface area contributed by atoms with Gasteiger partial charge in [-0.1, -0.05) is 36.4 Å². The summed E-state index contributed by atoms with van der Waals surface area (Å²) in [6, 6.07) is 13.7. The number of carbonyl (C=O) groups excluding carboxylic acids is 1. The van der Waals surface area contributed by atoms with Crippen LogP contribution in [0.3, 0.4) is 0 Å². The van der Waals surface area contributed by atoms with Crippen molar-refractivity contribution in [1.29, 1.82) is 0 Å². The monoisotopic (exact) mass is 242 g/mol. The Morgan fingerprint density at radius 2 is 1.82 bits per heavy atom. The van der Waals surface area contributed by atoms with Crippen molar-refractivity contribution in [3.05, 3.63) is 48.0 Å². The van der Waals surface area contributed by atoms with Gasteiger partial charge >= 0.3 is 0 Å². The lowest BCUT2D eigenvalue weighted by atomic mass is 10.0. The summed E-state index contributed by atoms with van der Waals surface area (Å²) < 4.78 is 0. The van der Waals surface area contributed by atoms with E-state index in [2.05, 4.69) is 10.6 Å². The maximum atomic E-state index is 11.7. The summed E-state index contributed by atoms with van der Waals surface area (Å²) in [5, 5.41) is 8.23. The first-order valence-electron chi connectivity index (χ1n) is 5.34. The fourth-order valence-electron chi connectivity index (χ4n) is 2.04. The Kier molecular flexibility index (Phi) is 2.30. The van der Waals surface area contributed by atoms with E-state index >= 15 is 0 Å². The quantitative estimate of drug-likeness (QED) is 0.750. The number of benzene rings is 2. The summed E-state index contributed by atoms with van der Waals surface area (Å²) in [5.74, 6) is -0.0923. The molecule has 1 aliphatic heterocycles. The van der Waals surface area contributed by atoms with Crippen molar-refractivity contribution in [2.45, 2.75) is 6.04 Å². The lowest BCUT2D eigenvalue weighted by Gasteiger charge is -2.09. The van der Waals surface area contributed by atoms with Crippen LogP contribution in [0.15, 0.2) is 42.5 Å². The van der Waals surface area contributed by atoms with Gasteiger partial charge in [0.2, 0.25) is 0 Å². The van der Waals surface area contributed by atoms with Crippen LogP contribution in [-0.2, 0) is 4.79 Å². The molecule has 0 spiro atoms. The zero-order valence-electron chi connectivity index (χ0n) is 8.94. The van der Waals surface area contributed by atoms with Crippen LogP contribution in [-0.4, -0.2) is 11.0 Å². The molecule has 0 aliphatic carbocycles. The van der Waals surface area contributed by atoms with Gasteiger partial charge in [-0.25, -0.2) is 0 Å². The van der Waals surface area contributed by atoms with Gasteiger partial charge in [0.05, 0.1) is 0 Å². The molecule has 1 saturated heterocycles. The average molecular weight is 242 g/mol. The predicted octanol–water partition coefficient (Wildman–Crippen LogP) is 1.89. The van der Waals surface area contributed by atoms with E-state index in [1.54, 1.807) is 0 Å². The summed E-state index contributed by atoms with van der Waals surface area (Å²) >= 11 is 4.93. The van der Waals surface area contributed by atoms with Crippen LogP contribution in [0.4, 0.5) is 0 Å². The summed E-state index contributed by atoms with van der Waals surface area (Å²) in [6.45, 7) is 0. The fourth-order valence-corrected chi connectivity index (χ4v) is 2.26. The minimum Gasteiger partial charge on any atom is -0.347 e.